The quantitative estimate of drug-likeness (QED) is 0.767. The van der Waals surface area contributed by atoms with Gasteiger partial charge in [-0.3, -0.25) is 14.0 Å². The van der Waals surface area contributed by atoms with Crippen molar-refractivity contribution >= 4 is 23.0 Å². The van der Waals surface area contributed by atoms with E-state index in [2.05, 4.69) is 15.6 Å². The molecule has 7 heteroatoms. The lowest BCUT2D eigenvalue weighted by Gasteiger charge is -2.06. The van der Waals surface area contributed by atoms with Crippen LogP contribution in [0.1, 0.15) is 35.0 Å². The molecule has 2 aromatic heterocycles. The van der Waals surface area contributed by atoms with Crippen molar-refractivity contribution in [3.05, 3.63) is 66.0 Å². The van der Waals surface area contributed by atoms with E-state index in [-0.39, 0.29) is 23.5 Å². The Labute approximate surface area is 143 Å². The largest absolute Gasteiger partial charge is 0.347 e. The molecule has 3 rings (SSSR count). The number of rotatable bonds is 4. The van der Waals surface area contributed by atoms with Crippen molar-refractivity contribution in [2.45, 2.75) is 19.9 Å². The fourth-order valence-corrected chi connectivity index (χ4v) is 2.45. The van der Waals surface area contributed by atoms with Crippen LogP contribution in [-0.2, 0) is 0 Å². The Bertz CT molecular complexity index is 949. The number of amides is 2. The number of hydrogen-bond acceptors (Lipinski definition) is 3. The van der Waals surface area contributed by atoms with Crippen LogP contribution >= 0.6 is 0 Å². The first-order valence-electron chi connectivity index (χ1n) is 7.80. The number of anilines is 1. The first-order valence-corrected chi connectivity index (χ1v) is 7.80. The van der Waals surface area contributed by atoms with Crippen LogP contribution in [0, 0.1) is 5.82 Å². The molecule has 2 heterocycles. The topological polar surface area (TPSA) is 75.5 Å². The molecule has 0 aliphatic heterocycles. The minimum Gasteiger partial charge on any atom is -0.347 e. The SMILES string of the molecule is CC(C)NC(=O)c1nc(C(=O)Nc2cccc(F)c2)c2ccccn12. The van der Waals surface area contributed by atoms with Crippen molar-refractivity contribution < 1.29 is 14.0 Å². The number of carbonyl (C=O) groups is 2. The van der Waals surface area contributed by atoms with Gasteiger partial charge in [-0.05, 0) is 44.2 Å². The number of benzene rings is 1. The van der Waals surface area contributed by atoms with E-state index in [1.54, 1.807) is 34.9 Å². The van der Waals surface area contributed by atoms with Gasteiger partial charge < -0.3 is 10.6 Å². The van der Waals surface area contributed by atoms with Crippen molar-refractivity contribution in [2.24, 2.45) is 0 Å². The molecular weight excluding hydrogens is 323 g/mol. The highest BCUT2D eigenvalue weighted by Crippen LogP contribution is 2.16. The molecule has 0 aliphatic rings. The lowest BCUT2D eigenvalue weighted by atomic mass is 10.2. The van der Waals surface area contributed by atoms with Crippen LogP contribution in [-0.4, -0.2) is 27.2 Å². The summed E-state index contributed by atoms with van der Waals surface area (Å²) in [7, 11) is 0. The lowest BCUT2D eigenvalue weighted by Crippen LogP contribution is -2.31. The molecule has 0 atom stereocenters. The number of nitrogens with one attached hydrogen (secondary N) is 2. The van der Waals surface area contributed by atoms with Crippen molar-refractivity contribution in [1.29, 1.82) is 0 Å². The zero-order valence-electron chi connectivity index (χ0n) is 13.8. The number of halogens is 1. The molecule has 3 aromatic rings. The Balaban J connectivity index is 1.98. The maximum Gasteiger partial charge on any atom is 0.287 e. The van der Waals surface area contributed by atoms with Crippen molar-refractivity contribution in [1.82, 2.24) is 14.7 Å². The lowest BCUT2D eigenvalue weighted by molar-refractivity contribution is 0.0932. The highest BCUT2D eigenvalue weighted by Gasteiger charge is 2.21. The summed E-state index contributed by atoms with van der Waals surface area (Å²) in [5.74, 6) is -1.22. The summed E-state index contributed by atoms with van der Waals surface area (Å²) < 4.78 is 14.8. The van der Waals surface area contributed by atoms with Gasteiger partial charge in [0.2, 0.25) is 5.82 Å². The van der Waals surface area contributed by atoms with Gasteiger partial charge in [0.05, 0.1) is 5.52 Å². The minimum absolute atomic E-state index is 0.0619. The highest BCUT2D eigenvalue weighted by atomic mass is 19.1. The van der Waals surface area contributed by atoms with E-state index in [1.165, 1.54) is 18.2 Å². The van der Waals surface area contributed by atoms with Crippen LogP contribution in [0.25, 0.3) is 5.52 Å². The molecule has 0 saturated heterocycles. The van der Waals surface area contributed by atoms with Crippen LogP contribution in [0.5, 0.6) is 0 Å². The first kappa shape index (κ1) is 16.6. The summed E-state index contributed by atoms with van der Waals surface area (Å²) in [6, 6.07) is 10.7. The van der Waals surface area contributed by atoms with Gasteiger partial charge in [0.1, 0.15) is 5.82 Å². The Morgan fingerprint density at radius 1 is 1.12 bits per heavy atom. The van der Waals surface area contributed by atoms with Crippen LogP contribution < -0.4 is 10.6 Å². The van der Waals surface area contributed by atoms with E-state index in [4.69, 9.17) is 0 Å². The molecule has 0 unspecified atom stereocenters. The van der Waals surface area contributed by atoms with E-state index in [0.29, 0.717) is 11.2 Å². The van der Waals surface area contributed by atoms with Gasteiger partial charge in [-0.25, -0.2) is 9.37 Å². The summed E-state index contributed by atoms with van der Waals surface area (Å²) in [5, 5.41) is 5.35. The van der Waals surface area contributed by atoms with Gasteiger partial charge >= 0.3 is 0 Å². The van der Waals surface area contributed by atoms with E-state index < -0.39 is 11.7 Å². The second-order valence-electron chi connectivity index (χ2n) is 5.83. The number of imidazole rings is 1. The van der Waals surface area contributed by atoms with Crippen molar-refractivity contribution in [2.75, 3.05) is 5.32 Å². The average molecular weight is 340 g/mol. The number of hydrogen-bond donors (Lipinski definition) is 2. The smallest absolute Gasteiger partial charge is 0.287 e. The molecule has 2 N–H and O–H groups in total. The second kappa shape index (κ2) is 6.72. The summed E-state index contributed by atoms with van der Waals surface area (Å²) in [6.45, 7) is 3.68. The molecule has 0 fully saturated rings. The third-order valence-electron chi connectivity index (χ3n) is 3.47. The summed E-state index contributed by atoms with van der Waals surface area (Å²) in [4.78, 5) is 29.1. The Hall–Kier alpha value is -3.22. The zero-order chi connectivity index (χ0) is 18.0. The fraction of sp³-hybridized carbons (Fsp3) is 0.167. The molecule has 25 heavy (non-hydrogen) atoms. The van der Waals surface area contributed by atoms with Crippen LogP contribution in [0.15, 0.2) is 48.7 Å². The molecule has 2 amide bonds. The number of nitrogens with zero attached hydrogens (tertiary/aromatic N) is 2. The molecule has 128 valence electrons. The van der Waals surface area contributed by atoms with E-state index >= 15 is 0 Å². The normalized spacial score (nSPS) is 10.9. The second-order valence-corrected chi connectivity index (χ2v) is 5.83. The number of pyridine rings is 1. The average Bonchev–Trinajstić information content (AvgIpc) is 2.94. The van der Waals surface area contributed by atoms with E-state index in [1.807, 2.05) is 13.8 Å². The monoisotopic (exact) mass is 340 g/mol. The minimum atomic E-state index is -0.516. The first-order chi connectivity index (χ1) is 12.0. The Morgan fingerprint density at radius 2 is 1.92 bits per heavy atom. The maximum atomic E-state index is 13.3. The standard InChI is InChI=1S/C18H17FN4O2/c1-11(2)20-18(25)16-22-15(14-8-3-4-9-23(14)16)17(24)21-13-7-5-6-12(19)10-13/h3-11H,1-2H3,(H,20,25)(H,21,24). The van der Waals surface area contributed by atoms with Gasteiger partial charge in [0.25, 0.3) is 11.8 Å². The third-order valence-corrected chi connectivity index (χ3v) is 3.47. The summed E-state index contributed by atoms with van der Waals surface area (Å²) >= 11 is 0. The Morgan fingerprint density at radius 3 is 2.64 bits per heavy atom. The molecular formula is C18H17FN4O2. The van der Waals surface area contributed by atoms with Crippen molar-refractivity contribution in [3.63, 3.8) is 0 Å². The van der Waals surface area contributed by atoms with Gasteiger partial charge in [-0.1, -0.05) is 12.1 Å². The fourth-order valence-electron chi connectivity index (χ4n) is 2.45. The number of aromatic nitrogens is 2. The van der Waals surface area contributed by atoms with E-state index in [9.17, 15) is 14.0 Å². The Kier molecular flexibility index (Phi) is 4.47. The zero-order valence-corrected chi connectivity index (χ0v) is 13.8. The van der Waals surface area contributed by atoms with E-state index in [0.717, 1.165) is 0 Å². The molecule has 0 bridgehead atoms. The highest BCUT2D eigenvalue weighted by molar-refractivity contribution is 6.08. The van der Waals surface area contributed by atoms with Gasteiger partial charge in [0.15, 0.2) is 5.69 Å². The van der Waals surface area contributed by atoms with Crippen LogP contribution in [0.2, 0.25) is 0 Å². The molecule has 1 aromatic carbocycles. The molecule has 0 radical (unpaired) electrons. The number of carbonyl (C=O) groups excluding carboxylic acids is 2. The molecule has 0 spiro atoms. The maximum absolute atomic E-state index is 13.3. The van der Waals surface area contributed by atoms with Crippen LogP contribution in [0.3, 0.4) is 0 Å². The predicted molar refractivity (Wildman–Crippen MR) is 92.1 cm³/mol. The number of fused-ring (bicyclic) bond motifs is 1. The van der Waals surface area contributed by atoms with Gasteiger partial charge in [0, 0.05) is 17.9 Å². The molecule has 0 aliphatic carbocycles. The predicted octanol–water partition coefficient (Wildman–Crippen LogP) is 2.86. The van der Waals surface area contributed by atoms with Gasteiger partial charge in [-0.15, -0.1) is 0 Å². The van der Waals surface area contributed by atoms with Gasteiger partial charge in [-0.2, -0.15) is 0 Å². The van der Waals surface area contributed by atoms with Crippen molar-refractivity contribution in [3.8, 4) is 0 Å². The summed E-state index contributed by atoms with van der Waals surface area (Å²) in [6.07, 6.45) is 1.66. The third kappa shape index (κ3) is 3.50. The summed E-state index contributed by atoms with van der Waals surface area (Å²) in [5.41, 5.74) is 0.902. The van der Waals surface area contributed by atoms with Crippen LogP contribution in [0.4, 0.5) is 10.1 Å². The molecule has 6 nitrogen and oxygen atoms in total. The molecule has 0 saturated carbocycles.